The number of carboxylic acid groups (broad SMARTS) is 1. The summed E-state index contributed by atoms with van der Waals surface area (Å²) in [5.41, 5.74) is 0.113. The van der Waals surface area contributed by atoms with Crippen LogP contribution in [-0.2, 0) is 4.79 Å². The lowest BCUT2D eigenvalue weighted by molar-refractivity contribution is -0.138. The largest absolute Gasteiger partial charge is 0.481 e. The summed E-state index contributed by atoms with van der Waals surface area (Å²) >= 11 is 0. The van der Waals surface area contributed by atoms with Gasteiger partial charge in [0.05, 0.1) is 0 Å². The zero-order valence-corrected chi connectivity index (χ0v) is 13.8. The Kier molecular flexibility index (Phi) is 6.49. The quantitative estimate of drug-likeness (QED) is 0.792. The summed E-state index contributed by atoms with van der Waals surface area (Å²) in [4.78, 5) is 24.9. The first-order valence-corrected chi connectivity index (χ1v) is 7.99. The van der Waals surface area contributed by atoms with Crippen molar-refractivity contribution >= 4 is 12.0 Å². The molecule has 21 heavy (non-hydrogen) atoms. The molecule has 0 aromatic heterocycles. The number of piperidine rings is 1. The van der Waals surface area contributed by atoms with Crippen molar-refractivity contribution in [3.63, 3.8) is 0 Å². The monoisotopic (exact) mass is 298 g/mol. The summed E-state index contributed by atoms with van der Waals surface area (Å²) in [7, 11) is 0. The molecule has 1 aliphatic heterocycles. The third-order valence-electron chi connectivity index (χ3n) is 4.72. The van der Waals surface area contributed by atoms with Crippen molar-refractivity contribution in [3.8, 4) is 0 Å². The zero-order chi connectivity index (χ0) is 16.0. The molecule has 5 heteroatoms. The highest BCUT2D eigenvalue weighted by atomic mass is 16.4. The van der Waals surface area contributed by atoms with Crippen LogP contribution < -0.4 is 5.32 Å². The van der Waals surface area contributed by atoms with Gasteiger partial charge in [-0.3, -0.25) is 4.79 Å². The van der Waals surface area contributed by atoms with E-state index in [1.54, 1.807) is 0 Å². The lowest BCUT2D eigenvalue weighted by atomic mass is 9.85. The van der Waals surface area contributed by atoms with Crippen LogP contribution in [0.1, 0.15) is 53.4 Å². The maximum atomic E-state index is 12.2. The van der Waals surface area contributed by atoms with Crippen molar-refractivity contribution in [1.29, 1.82) is 0 Å². The molecule has 122 valence electrons. The Hall–Kier alpha value is -1.26. The number of urea groups is 1. The second-order valence-electron chi connectivity index (χ2n) is 7.10. The Morgan fingerprint density at radius 2 is 2.10 bits per heavy atom. The van der Waals surface area contributed by atoms with Gasteiger partial charge in [-0.15, -0.1) is 0 Å². The molecule has 1 saturated heterocycles. The summed E-state index contributed by atoms with van der Waals surface area (Å²) in [6.07, 6.45) is 3.17. The van der Waals surface area contributed by atoms with Crippen LogP contribution >= 0.6 is 0 Å². The molecule has 0 spiro atoms. The highest BCUT2D eigenvalue weighted by Gasteiger charge is 2.29. The summed E-state index contributed by atoms with van der Waals surface area (Å²) < 4.78 is 0. The van der Waals surface area contributed by atoms with Crippen LogP contribution in [0, 0.1) is 17.3 Å². The summed E-state index contributed by atoms with van der Waals surface area (Å²) in [5, 5.41) is 11.9. The van der Waals surface area contributed by atoms with Gasteiger partial charge in [0.2, 0.25) is 0 Å². The maximum absolute atomic E-state index is 12.2. The van der Waals surface area contributed by atoms with Crippen molar-refractivity contribution in [1.82, 2.24) is 10.2 Å². The van der Waals surface area contributed by atoms with Crippen LogP contribution in [0.15, 0.2) is 0 Å². The number of aliphatic carboxylic acids is 1. The maximum Gasteiger partial charge on any atom is 0.317 e. The van der Waals surface area contributed by atoms with Gasteiger partial charge in [0.1, 0.15) is 0 Å². The smallest absolute Gasteiger partial charge is 0.317 e. The van der Waals surface area contributed by atoms with Crippen molar-refractivity contribution in [3.05, 3.63) is 0 Å². The molecule has 1 fully saturated rings. The minimum Gasteiger partial charge on any atom is -0.481 e. The SMILES string of the molecule is CCC(C)(C)CNC(=O)N1CCCC(C(C)CC(=O)O)C1. The molecular formula is C16H30N2O3. The number of hydrogen-bond donors (Lipinski definition) is 2. The zero-order valence-electron chi connectivity index (χ0n) is 13.8. The predicted octanol–water partition coefficient (Wildman–Crippen LogP) is 2.96. The summed E-state index contributed by atoms with van der Waals surface area (Å²) in [6.45, 7) is 10.5. The van der Waals surface area contributed by atoms with Crippen molar-refractivity contribution in [2.24, 2.45) is 17.3 Å². The van der Waals surface area contributed by atoms with E-state index in [2.05, 4.69) is 26.1 Å². The Labute approximate surface area is 128 Å². The van der Waals surface area contributed by atoms with E-state index in [0.29, 0.717) is 19.0 Å². The fraction of sp³-hybridized carbons (Fsp3) is 0.875. The second kappa shape index (κ2) is 7.66. The minimum atomic E-state index is -0.756. The van der Waals surface area contributed by atoms with E-state index in [4.69, 9.17) is 5.11 Å². The Balaban J connectivity index is 2.48. The Morgan fingerprint density at radius 1 is 1.43 bits per heavy atom. The molecule has 0 aromatic carbocycles. The number of hydrogen-bond acceptors (Lipinski definition) is 2. The van der Waals surface area contributed by atoms with Gasteiger partial charge in [0.25, 0.3) is 0 Å². The molecule has 0 aliphatic carbocycles. The molecule has 0 saturated carbocycles. The highest BCUT2D eigenvalue weighted by molar-refractivity contribution is 5.74. The number of carboxylic acids is 1. The van der Waals surface area contributed by atoms with Gasteiger partial charge in [-0.2, -0.15) is 0 Å². The molecule has 1 rings (SSSR count). The molecule has 1 aliphatic rings. The molecule has 0 radical (unpaired) electrons. The van der Waals surface area contributed by atoms with E-state index in [1.165, 1.54) is 0 Å². The number of carbonyl (C=O) groups excluding carboxylic acids is 1. The molecule has 0 aromatic rings. The number of carbonyl (C=O) groups is 2. The van der Waals surface area contributed by atoms with E-state index in [-0.39, 0.29) is 23.8 Å². The molecule has 2 N–H and O–H groups in total. The second-order valence-corrected chi connectivity index (χ2v) is 7.10. The van der Waals surface area contributed by atoms with Gasteiger partial charge in [-0.1, -0.05) is 27.7 Å². The fourth-order valence-electron chi connectivity index (χ4n) is 2.65. The molecule has 2 atom stereocenters. The molecule has 2 unspecified atom stereocenters. The number of likely N-dealkylation sites (tertiary alicyclic amines) is 1. The van der Waals surface area contributed by atoms with E-state index in [9.17, 15) is 9.59 Å². The topological polar surface area (TPSA) is 69.6 Å². The molecule has 2 amide bonds. The van der Waals surface area contributed by atoms with Crippen LogP contribution in [0.3, 0.4) is 0 Å². The number of nitrogens with one attached hydrogen (secondary N) is 1. The standard InChI is InChI=1S/C16H30N2O3/c1-5-16(3,4)11-17-15(21)18-8-6-7-13(10-18)12(2)9-14(19)20/h12-13H,5-11H2,1-4H3,(H,17,21)(H,19,20). The average molecular weight is 298 g/mol. The van der Waals surface area contributed by atoms with Gasteiger partial charge in [0, 0.05) is 26.1 Å². The van der Waals surface area contributed by atoms with Gasteiger partial charge in [0.15, 0.2) is 0 Å². The normalized spacial score (nSPS) is 21.0. The molecular weight excluding hydrogens is 268 g/mol. The summed E-state index contributed by atoms with van der Waals surface area (Å²) in [5.74, 6) is -0.348. The van der Waals surface area contributed by atoms with Gasteiger partial charge < -0.3 is 15.3 Å². The number of nitrogens with zero attached hydrogens (tertiary/aromatic N) is 1. The van der Waals surface area contributed by atoms with Gasteiger partial charge >= 0.3 is 12.0 Å². The van der Waals surface area contributed by atoms with Crippen LogP contribution in [0.2, 0.25) is 0 Å². The van der Waals surface area contributed by atoms with Crippen LogP contribution in [0.4, 0.5) is 4.79 Å². The molecule has 1 heterocycles. The summed E-state index contributed by atoms with van der Waals surface area (Å²) in [6, 6.07) is -0.0104. The first kappa shape index (κ1) is 17.8. The van der Waals surface area contributed by atoms with Crippen LogP contribution in [0.25, 0.3) is 0 Å². The minimum absolute atomic E-state index is 0.0104. The third kappa shape index (κ3) is 5.94. The highest BCUT2D eigenvalue weighted by Crippen LogP contribution is 2.26. The molecule has 0 bridgehead atoms. The van der Waals surface area contributed by atoms with Crippen LogP contribution in [0.5, 0.6) is 0 Å². The van der Waals surface area contributed by atoms with Gasteiger partial charge in [-0.25, -0.2) is 4.79 Å². The average Bonchev–Trinajstić information content (AvgIpc) is 2.44. The van der Waals surface area contributed by atoms with E-state index in [1.807, 2.05) is 11.8 Å². The first-order valence-electron chi connectivity index (χ1n) is 7.99. The van der Waals surface area contributed by atoms with Crippen LogP contribution in [-0.4, -0.2) is 41.6 Å². The Morgan fingerprint density at radius 3 is 2.67 bits per heavy atom. The third-order valence-corrected chi connectivity index (χ3v) is 4.72. The van der Waals surface area contributed by atoms with E-state index >= 15 is 0 Å². The van der Waals surface area contributed by atoms with Crippen molar-refractivity contribution in [2.75, 3.05) is 19.6 Å². The number of amides is 2. The lowest BCUT2D eigenvalue weighted by Gasteiger charge is -2.36. The van der Waals surface area contributed by atoms with Gasteiger partial charge in [-0.05, 0) is 36.5 Å². The fourth-order valence-corrected chi connectivity index (χ4v) is 2.65. The van der Waals surface area contributed by atoms with E-state index < -0.39 is 5.97 Å². The predicted molar refractivity (Wildman–Crippen MR) is 83.2 cm³/mol. The Bertz CT molecular complexity index is 369. The molecule has 5 nitrogen and oxygen atoms in total. The van der Waals surface area contributed by atoms with Crippen molar-refractivity contribution in [2.45, 2.75) is 53.4 Å². The first-order chi connectivity index (χ1) is 9.75. The van der Waals surface area contributed by atoms with E-state index in [0.717, 1.165) is 25.8 Å². The lowest BCUT2D eigenvalue weighted by Crippen LogP contribution is -2.48. The number of rotatable bonds is 6. The van der Waals surface area contributed by atoms with Crippen molar-refractivity contribution < 1.29 is 14.7 Å².